The van der Waals surface area contributed by atoms with Gasteiger partial charge in [0.15, 0.2) is 0 Å². The topological polar surface area (TPSA) is 55.2 Å². The van der Waals surface area contributed by atoms with E-state index in [-0.39, 0.29) is 10.6 Å². The summed E-state index contributed by atoms with van der Waals surface area (Å²) in [5, 5.41) is 14.5. The molecule has 1 fully saturated rings. The van der Waals surface area contributed by atoms with Crippen LogP contribution in [-0.4, -0.2) is 11.0 Å². The summed E-state index contributed by atoms with van der Waals surface area (Å²) in [6.07, 6.45) is 3.73. The molecule has 3 unspecified atom stereocenters. The molecule has 0 amide bonds. The molecular weight excluding hydrogens is 320 g/mol. The van der Waals surface area contributed by atoms with E-state index in [2.05, 4.69) is 35.1 Å². The summed E-state index contributed by atoms with van der Waals surface area (Å²) < 4.78 is 0.534. The number of nitrogens with one attached hydrogen (secondary N) is 1. The molecule has 2 rings (SSSR count). The maximum absolute atomic E-state index is 10.9. The quantitative estimate of drug-likeness (QED) is 0.643. The molecule has 1 N–H and O–H groups in total. The SMILES string of the molecule is CCC1CCC(NCc2ccc(Br)c([N+](=O)[O-])c2)C1C. The molecule has 5 heteroatoms. The molecule has 20 heavy (non-hydrogen) atoms. The Morgan fingerprint density at radius 1 is 1.45 bits per heavy atom. The molecular formula is C15H21BrN2O2. The Hall–Kier alpha value is -0.940. The van der Waals surface area contributed by atoms with Crippen LogP contribution in [0.4, 0.5) is 5.69 Å². The third-order valence-electron chi connectivity index (χ3n) is 4.53. The summed E-state index contributed by atoms with van der Waals surface area (Å²) in [5.74, 6) is 1.50. The van der Waals surface area contributed by atoms with Gasteiger partial charge in [-0.05, 0) is 52.2 Å². The van der Waals surface area contributed by atoms with E-state index in [0.717, 1.165) is 11.5 Å². The number of benzene rings is 1. The van der Waals surface area contributed by atoms with Gasteiger partial charge in [-0.2, -0.15) is 0 Å². The summed E-state index contributed by atoms with van der Waals surface area (Å²) in [6, 6.07) is 5.86. The van der Waals surface area contributed by atoms with Gasteiger partial charge < -0.3 is 5.32 Å². The van der Waals surface area contributed by atoms with Gasteiger partial charge in [-0.15, -0.1) is 0 Å². The zero-order valence-electron chi connectivity index (χ0n) is 11.9. The fourth-order valence-corrected chi connectivity index (χ4v) is 3.56. The van der Waals surface area contributed by atoms with E-state index in [1.165, 1.54) is 19.3 Å². The normalized spacial score (nSPS) is 25.9. The predicted molar refractivity (Wildman–Crippen MR) is 83.6 cm³/mol. The summed E-state index contributed by atoms with van der Waals surface area (Å²) in [6.45, 7) is 5.25. The van der Waals surface area contributed by atoms with Crippen LogP contribution >= 0.6 is 15.9 Å². The van der Waals surface area contributed by atoms with Crippen molar-refractivity contribution in [2.24, 2.45) is 11.8 Å². The highest BCUT2D eigenvalue weighted by Gasteiger charge is 2.30. The minimum Gasteiger partial charge on any atom is -0.310 e. The van der Waals surface area contributed by atoms with Gasteiger partial charge in [0, 0.05) is 18.7 Å². The predicted octanol–water partition coefficient (Wildman–Crippen LogP) is 4.27. The number of nitro groups is 1. The molecule has 0 bridgehead atoms. The van der Waals surface area contributed by atoms with Crippen molar-refractivity contribution in [1.82, 2.24) is 5.32 Å². The van der Waals surface area contributed by atoms with Crippen LogP contribution in [0, 0.1) is 22.0 Å². The molecule has 0 heterocycles. The van der Waals surface area contributed by atoms with Gasteiger partial charge in [-0.1, -0.05) is 26.3 Å². The average Bonchev–Trinajstić information content (AvgIpc) is 2.78. The molecule has 0 radical (unpaired) electrons. The van der Waals surface area contributed by atoms with E-state index < -0.39 is 0 Å². The first kappa shape index (κ1) is 15.4. The van der Waals surface area contributed by atoms with Crippen molar-refractivity contribution in [3.05, 3.63) is 38.3 Å². The van der Waals surface area contributed by atoms with Crippen LogP contribution in [0.25, 0.3) is 0 Å². The number of halogens is 1. The Kier molecular flexibility index (Phi) is 5.16. The Balaban J connectivity index is 1.98. The van der Waals surface area contributed by atoms with Gasteiger partial charge in [-0.25, -0.2) is 0 Å². The Bertz CT molecular complexity index is 493. The summed E-state index contributed by atoms with van der Waals surface area (Å²) in [4.78, 5) is 10.6. The standard InChI is InChI=1S/C15H21BrN2O2/c1-3-12-5-7-14(10(12)2)17-9-11-4-6-13(16)15(8-11)18(19)20/h4,6,8,10,12,14,17H,3,5,7,9H2,1-2H3. The average molecular weight is 341 g/mol. The van der Waals surface area contributed by atoms with Gasteiger partial charge in [0.05, 0.1) is 9.40 Å². The number of rotatable bonds is 5. The molecule has 1 aromatic rings. The molecule has 0 aromatic heterocycles. The van der Waals surface area contributed by atoms with Crippen molar-refractivity contribution in [2.75, 3.05) is 0 Å². The van der Waals surface area contributed by atoms with Crippen LogP contribution < -0.4 is 5.32 Å². The van der Waals surface area contributed by atoms with E-state index >= 15 is 0 Å². The van der Waals surface area contributed by atoms with Crippen LogP contribution in [0.3, 0.4) is 0 Å². The third kappa shape index (κ3) is 3.38. The van der Waals surface area contributed by atoms with Crippen LogP contribution in [0.15, 0.2) is 22.7 Å². The summed E-state index contributed by atoms with van der Waals surface area (Å²) in [7, 11) is 0. The Labute approximate surface area is 128 Å². The molecule has 1 aliphatic carbocycles. The first-order chi connectivity index (χ1) is 9.52. The first-order valence-corrected chi connectivity index (χ1v) is 7.98. The molecule has 0 saturated heterocycles. The smallest absolute Gasteiger partial charge is 0.283 e. The molecule has 1 aliphatic rings. The molecule has 110 valence electrons. The molecule has 4 nitrogen and oxygen atoms in total. The third-order valence-corrected chi connectivity index (χ3v) is 5.20. The summed E-state index contributed by atoms with van der Waals surface area (Å²) in [5.41, 5.74) is 1.10. The van der Waals surface area contributed by atoms with Crippen LogP contribution in [0.2, 0.25) is 0 Å². The van der Waals surface area contributed by atoms with E-state index in [4.69, 9.17) is 0 Å². The van der Waals surface area contributed by atoms with E-state index in [1.807, 2.05) is 6.07 Å². The van der Waals surface area contributed by atoms with Gasteiger partial charge >= 0.3 is 0 Å². The van der Waals surface area contributed by atoms with Gasteiger partial charge in [0.2, 0.25) is 0 Å². The highest BCUT2D eigenvalue weighted by molar-refractivity contribution is 9.10. The van der Waals surface area contributed by atoms with Gasteiger partial charge in [0.25, 0.3) is 5.69 Å². The molecule has 1 aromatic carbocycles. The maximum atomic E-state index is 10.9. The maximum Gasteiger partial charge on any atom is 0.283 e. The number of hydrogen-bond acceptors (Lipinski definition) is 3. The fourth-order valence-electron chi connectivity index (χ4n) is 3.17. The van der Waals surface area contributed by atoms with Crippen LogP contribution in [0.5, 0.6) is 0 Å². The zero-order chi connectivity index (χ0) is 14.7. The van der Waals surface area contributed by atoms with Gasteiger partial charge in [-0.3, -0.25) is 10.1 Å². The van der Waals surface area contributed by atoms with Gasteiger partial charge in [0.1, 0.15) is 0 Å². The number of nitro benzene ring substituents is 1. The van der Waals surface area contributed by atoms with Crippen molar-refractivity contribution >= 4 is 21.6 Å². The molecule has 1 saturated carbocycles. The second-order valence-electron chi connectivity index (χ2n) is 5.64. The van der Waals surface area contributed by atoms with E-state index in [0.29, 0.717) is 23.0 Å². The second kappa shape index (κ2) is 6.68. The molecule has 3 atom stereocenters. The highest BCUT2D eigenvalue weighted by Crippen LogP contribution is 2.34. The monoisotopic (exact) mass is 340 g/mol. The van der Waals surface area contributed by atoms with Crippen molar-refractivity contribution in [3.63, 3.8) is 0 Å². The second-order valence-corrected chi connectivity index (χ2v) is 6.49. The summed E-state index contributed by atoms with van der Waals surface area (Å²) >= 11 is 3.21. The van der Waals surface area contributed by atoms with E-state index in [9.17, 15) is 10.1 Å². The molecule has 0 spiro atoms. The van der Waals surface area contributed by atoms with E-state index in [1.54, 1.807) is 12.1 Å². The van der Waals surface area contributed by atoms with Crippen LogP contribution in [0.1, 0.15) is 38.7 Å². The number of nitrogens with zero attached hydrogens (tertiary/aromatic N) is 1. The molecule has 0 aliphatic heterocycles. The van der Waals surface area contributed by atoms with Crippen molar-refractivity contribution in [2.45, 2.75) is 45.7 Å². The van der Waals surface area contributed by atoms with Crippen molar-refractivity contribution in [3.8, 4) is 0 Å². The van der Waals surface area contributed by atoms with Crippen LogP contribution in [-0.2, 0) is 6.54 Å². The Morgan fingerprint density at radius 2 is 2.20 bits per heavy atom. The van der Waals surface area contributed by atoms with Crippen molar-refractivity contribution < 1.29 is 4.92 Å². The minimum atomic E-state index is -0.348. The van der Waals surface area contributed by atoms with Crippen molar-refractivity contribution in [1.29, 1.82) is 0 Å². The lowest BCUT2D eigenvalue weighted by molar-refractivity contribution is -0.385. The highest BCUT2D eigenvalue weighted by atomic mass is 79.9. The lowest BCUT2D eigenvalue weighted by Gasteiger charge is -2.21. The lowest BCUT2D eigenvalue weighted by Crippen LogP contribution is -2.32. The largest absolute Gasteiger partial charge is 0.310 e. The minimum absolute atomic E-state index is 0.134. The fraction of sp³-hybridized carbons (Fsp3) is 0.600. The number of hydrogen-bond donors (Lipinski definition) is 1. The Morgan fingerprint density at radius 3 is 2.80 bits per heavy atom. The lowest BCUT2D eigenvalue weighted by atomic mass is 9.93. The zero-order valence-corrected chi connectivity index (χ0v) is 13.5. The first-order valence-electron chi connectivity index (χ1n) is 7.19.